The van der Waals surface area contributed by atoms with Gasteiger partial charge in [-0.2, -0.15) is 13.2 Å². The summed E-state index contributed by atoms with van der Waals surface area (Å²) in [6.07, 6.45) is -2.90. The molecular formula is C33H41F3N4O7. The molecule has 5 N–H and O–H groups in total. The van der Waals surface area contributed by atoms with Gasteiger partial charge in [-0.15, -0.1) is 0 Å². The normalized spacial score (nSPS) is 17.2. The van der Waals surface area contributed by atoms with Gasteiger partial charge in [-0.25, -0.2) is 9.59 Å². The summed E-state index contributed by atoms with van der Waals surface area (Å²) in [6, 6.07) is 9.17. The van der Waals surface area contributed by atoms with Gasteiger partial charge < -0.3 is 31.1 Å². The van der Waals surface area contributed by atoms with Crippen molar-refractivity contribution in [2.24, 2.45) is 5.73 Å². The molecule has 0 radical (unpaired) electrons. The van der Waals surface area contributed by atoms with Crippen LogP contribution in [0.5, 0.6) is 0 Å². The highest BCUT2D eigenvalue weighted by Gasteiger charge is 2.41. The molecule has 1 heterocycles. The van der Waals surface area contributed by atoms with Crippen molar-refractivity contribution >= 4 is 29.7 Å². The van der Waals surface area contributed by atoms with E-state index < -0.39 is 65.1 Å². The summed E-state index contributed by atoms with van der Waals surface area (Å²) in [7, 11) is 0. The number of esters is 1. The molecule has 0 aliphatic carbocycles. The molecule has 2 aromatic carbocycles. The minimum atomic E-state index is -4.57. The van der Waals surface area contributed by atoms with Gasteiger partial charge in [0.05, 0.1) is 23.8 Å². The smallest absolute Gasteiger partial charge is 0.416 e. The van der Waals surface area contributed by atoms with Crippen molar-refractivity contribution in [3.8, 4) is 0 Å². The van der Waals surface area contributed by atoms with E-state index in [4.69, 9.17) is 10.5 Å². The van der Waals surface area contributed by atoms with Gasteiger partial charge in [0, 0.05) is 13.0 Å². The third-order valence-electron chi connectivity index (χ3n) is 8.24. The van der Waals surface area contributed by atoms with Crippen LogP contribution in [0.3, 0.4) is 0 Å². The molecule has 1 aliphatic rings. The second-order valence-corrected chi connectivity index (χ2v) is 11.7. The maximum atomic E-state index is 13.6. The van der Waals surface area contributed by atoms with E-state index in [0.29, 0.717) is 30.4 Å². The Kier molecular flexibility index (Phi) is 12.9. The van der Waals surface area contributed by atoms with Gasteiger partial charge >= 0.3 is 18.1 Å². The quantitative estimate of drug-likeness (QED) is 0.166. The number of rotatable bonds is 15. The van der Waals surface area contributed by atoms with Gasteiger partial charge in [0.2, 0.25) is 17.7 Å². The topological polar surface area (TPSA) is 168 Å². The molecule has 1 aliphatic heterocycles. The Hall–Kier alpha value is -4.46. The minimum absolute atomic E-state index is 0.0926. The molecule has 3 amide bonds. The first-order valence-electron chi connectivity index (χ1n) is 15.5. The third-order valence-corrected chi connectivity index (χ3v) is 8.24. The van der Waals surface area contributed by atoms with Crippen molar-refractivity contribution in [2.45, 2.75) is 88.6 Å². The van der Waals surface area contributed by atoms with Crippen LogP contribution in [0.25, 0.3) is 0 Å². The molecule has 1 unspecified atom stereocenters. The highest BCUT2D eigenvalue weighted by molar-refractivity contribution is 5.96. The van der Waals surface area contributed by atoms with E-state index in [-0.39, 0.29) is 38.8 Å². The molecule has 2 aromatic rings. The summed E-state index contributed by atoms with van der Waals surface area (Å²) in [5.74, 6) is -3.73. The molecule has 1 fully saturated rings. The molecule has 256 valence electrons. The number of halogens is 3. The second kappa shape index (κ2) is 16.4. The summed E-state index contributed by atoms with van der Waals surface area (Å²) in [6.45, 7) is 3.36. The Bertz CT molecular complexity index is 1410. The zero-order valence-electron chi connectivity index (χ0n) is 26.3. The predicted octanol–water partition coefficient (Wildman–Crippen LogP) is 3.45. The fraction of sp³-hybridized carbons (Fsp3) is 0.485. The zero-order valence-corrected chi connectivity index (χ0v) is 26.3. The highest BCUT2D eigenvalue weighted by atomic mass is 19.4. The fourth-order valence-electron chi connectivity index (χ4n) is 5.16. The van der Waals surface area contributed by atoms with Gasteiger partial charge in [0.15, 0.2) is 0 Å². The van der Waals surface area contributed by atoms with Crippen molar-refractivity contribution in [1.29, 1.82) is 0 Å². The van der Waals surface area contributed by atoms with Crippen LogP contribution in [0.15, 0.2) is 54.6 Å². The predicted molar refractivity (Wildman–Crippen MR) is 165 cm³/mol. The number of carboxylic acid groups (broad SMARTS) is 1. The summed E-state index contributed by atoms with van der Waals surface area (Å²) >= 11 is 0. The van der Waals surface area contributed by atoms with E-state index in [9.17, 15) is 42.3 Å². The van der Waals surface area contributed by atoms with Crippen LogP contribution < -0.4 is 16.4 Å². The molecule has 4 atom stereocenters. The molecule has 3 rings (SSSR count). The molecule has 0 bridgehead atoms. The van der Waals surface area contributed by atoms with E-state index in [2.05, 4.69) is 10.6 Å². The summed E-state index contributed by atoms with van der Waals surface area (Å²) in [4.78, 5) is 65.2. The van der Waals surface area contributed by atoms with Gasteiger partial charge in [0.25, 0.3) is 0 Å². The van der Waals surface area contributed by atoms with Crippen LogP contribution in [-0.4, -0.2) is 76.5 Å². The number of carboxylic acids is 1. The Balaban J connectivity index is 1.64. The molecule has 1 saturated heterocycles. The van der Waals surface area contributed by atoms with E-state index in [1.165, 1.54) is 19.1 Å². The maximum absolute atomic E-state index is 13.6. The second-order valence-electron chi connectivity index (χ2n) is 11.7. The zero-order chi connectivity index (χ0) is 34.8. The van der Waals surface area contributed by atoms with Gasteiger partial charge in [-0.3, -0.25) is 14.4 Å². The molecule has 0 spiro atoms. The van der Waals surface area contributed by atoms with Crippen LogP contribution in [-0.2, 0) is 36.5 Å². The molecule has 0 aromatic heterocycles. The number of benzene rings is 2. The Morgan fingerprint density at radius 2 is 1.70 bits per heavy atom. The highest BCUT2D eigenvalue weighted by Crippen LogP contribution is 2.29. The van der Waals surface area contributed by atoms with Crippen molar-refractivity contribution in [1.82, 2.24) is 15.5 Å². The third kappa shape index (κ3) is 10.3. The molecular weight excluding hydrogens is 621 g/mol. The van der Waals surface area contributed by atoms with Crippen LogP contribution >= 0.6 is 0 Å². The van der Waals surface area contributed by atoms with Crippen LogP contribution in [0.2, 0.25) is 0 Å². The number of amides is 3. The lowest BCUT2D eigenvalue weighted by atomic mass is 9.94. The Labute approximate surface area is 271 Å². The fourth-order valence-corrected chi connectivity index (χ4v) is 5.16. The maximum Gasteiger partial charge on any atom is 0.416 e. The lowest BCUT2D eigenvalue weighted by Gasteiger charge is -2.33. The number of unbranched alkanes of at least 4 members (excludes halogenated alkanes) is 1. The minimum Gasteiger partial charge on any atom is -0.480 e. The molecule has 47 heavy (non-hydrogen) atoms. The molecule has 0 saturated carbocycles. The average molecular weight is 663 g/mol. The van der Waals surface area contributed by atoms with Gasteiger partial charge in [-0.05, 0) is 75.3 Å². The van der Waals surface area contributed by atoms with Crippen LogP contribution in [0, 0.1) is 0 Å². The van der Waals surface area contributed by atoms with Gasteiger partial charge in [-0.1, -0.05) is 37.3 Å². The number of nitrogens with one attached hydrogen (secondary N) is 2. The first-order valence-corrected chi connectivity index (χ1v) is 15.5. The number of likely N-dealkylation sites (tertiary alicyclic amines) is 1. The number of hydrogen-bond donors (Lipinski definition) is 4. The van der Waals surface area contributed by atoms with E-state index in [1.807, 2.05) is 0 Å². The number of aliphatic carboxylic acids is 1. The van der Waals surface area contributed by atoms with E-state index in [1.54, 1.807) is 37.3 Å². The number of nitrogens with two attached hydrogens (primary N) is 1. The lowest BCUT2D eigenvalue weighted by Crippen LogP contribution is -2.63. The van der Waals surface area contributed by atoms with Crippen LogP contribution in [0.1, 0.15) is 73.9 Å². The number of nitrogens with zero attached hydrogens (tertiary/aromatic N) is 1. The van der Waals surface area contributed by atoms with Crippen molar-refractivity contribution < 1.29 is 47.0 Å². The number of carbonyl (C=O) groups excluding carboxylic acids is 4. The lowest BCUT2D eigenvalue weighted by molar-refractivity contribution is -0.149. The first kappa shape index (κ1) is 37.0. The molecule has 14 heteroatoms. The average Bonchev–Trinajstić information content (AvgIpc) is 3.54. The Morgan fingerprint density at radius 1 is 1.04 bits per heavy atom. The number of hydrogen-bond acceptors (Lipinski definition) is 7. The van der Waals surface area contributed by atoms with E-state index >= 15 is 0 Å². The summed E-state index contributed by atoms with van der Waals surface area (Å²) in [5, 5.41) is 14.9. The number of alkyl halides is 3. The first-order chi connectivity index (χ1) is 22.2. The standard InChI is InChI=1S/C33H41F3N4O7/c1-3-32(2,39-27(41)24(37)12-7-8-19-47-30(45)22-10-5-4-6-11-22)31(46)38-25(28(42)40-18-9-13-26(40)29(43)44)20-21-14-16-23(17-15-21)33(34,35)36/h4-6,10-11,14-17,24-26H,3,7-9,12-13,18-20,37H2,1-2H3,(H,38,46)(H,39,41)(H,43,44)/t24-,25?,26+,32-/m0/s1. The van der Waals surface area contributed by atoms with Crippen molar-refractivity contribution in [3.63, 3.8) is 0 Å². The van der Waals surface area contributed by atoms with Gasteiger partial charge in [0.1, 0.15) is 17.6 Å². The monoisotopic (exact) mass is 662 g/mol. The largest absolute Gasteiger partial charge is 0.480 e. The summed E-state index contributed by atoms with van der Waals surface area (Å²) in [5.41, 5.74) is 4.40. The van der Waals surface area contributed by atoms with Crippen molar-refractivity contribution in [2.75, 3.05) is 13.2 Å². The summed E-state index contributed by atoms with van der Waals surface area (Å²) < 4.78 is 44.5. The SMILES string of the molecule is CC[C@](C)(NC(=O)[C@@H](N)CCCCOC(=O)c1ccccc1)C(=O)NC(Cc1ccc(C(F)(F)F)cc1)C(=O)N1CCC[C@@H]1C(=O)O. The molecule has 11 nitrogen and oxygen atoms in total. The van der Waals surface area contributed by atoms with E-state index in [0.717, 1.165) is 17.0 Å². The van der Waals surface area contributed by atoms with Crippen molar-refractivity contribution in [3.05, 3.63) is 71.3 Å². The van der Waals surface area contributed by atoms with Crippen LogP contribution in [0.4, 0.5) is 13.2 Å². The number of carbonyl (C=O) groups is 5. The Morgan fingerprint density at radius 3 is 2.30 bits per heavy atom. The number of ether oxygens (including phenoxy) is 1.